The molecule has 1 N–H and O–H groups in total. The van der Waals surface area contributed by atoms with E-state index in [1.54, 1.807) is 5.56 Å². The van der Waals surface area contributed by atoms with Crippen molar-refractivity contribution in [2.75, 3.05) is 0 Å². The van der Waals surface area contributed by atoms with Crippen LogP contribution in [0.1, 0.15) is 43.6 Å². The smallest absolute Gasteiger partial charge is 0.279 e. The molecule has 8 heteroatoms. The van der Waals surface area contributed by atoms with Crippen molar-refractivity contribution in [2.45, 2.75) is 43.5 Å². The lowest BCUT2D eigenvalue weighted by atomic mass is 9.81. The van der Waals surface area contributed by atoms with Crippen LogP contribution in [0.5, 0.6) is 0 Å². The Morgan fingerprint density at radius 2 is 1.48 bits per heavy atom. The fourth-order valence-corrected chi connectivity index (χ4v) is 4.03. The van der Waals surface area contributed by atoms with E-state index in [1.165, 1.54) is 46.8 Å². The Kier molecular flexibility index (Phi) is 7.70. The third kappa shape index (κ3) is 6.18. The Morgan fingerprint density at radius 1 is 0.926 bits per heavy atom. The lowest BCUT2D eigenvalue weighted by molar-refractivity contribution is -0.0510. The van der Waals surface area contributed by atoms with Crippen LogP contribution in [0.25, 0.3) is 11.1 Å². The molecule has 1 fully saturated rings. The molecule has 0 radical (unpaired) electrons. The van der Waals surface area contributed by atoms with Crippen LogP contribution in [0.3, 0.4) is 0 Å². The van der Waals surface area contributed by atoms with E-state index < -0.39 is 15.6 Å². The molecule has 2 aromatic rings. The Hall–Kier alpha value is -1.13. The van der Waals surface area contributed by atoms with Gasteiger partial charge < -0.3 is 0 Å². The van der Waals surface area contributed by atoms with Gasteiger partial charge in [0.15, 0.2) is 0 Å². The lowest BCUT2D eigenvalue weighted by Gasteiger charge is -2.25. The van der Waals surface area contributed by atoms with Crippen LogP contribution in [0.2, 0.25) is 0 Å². The van der Waals surface area contributed by atoms with E-state index in [-0.39, 0.29) is 0 Å². The maximum absolute atomic E-state index is 10.7. The summed E-state index contributed by atoms with van der Waals surface area (Å²) in [6.45, 7) is 0. The van der Waals surface area contributed by atoms with Crippen molar-refractivity contribution < 1.29 is 26.1 Å². The largest absolute Gasteiger partial charge is 0.522 e. The van der Waals surface area contributed by atoms with Crippen molar-refractivity contribution >= 4 is 32.7 Å². The summed E-state index contributed by atoms with van der Waals surface area (Å²) >= 11 is 2.49. The SMILES string of the molecule is Ic1cccc(C2CCCCC2)c1-c1ccccc1.O=S(=O)(O)C(F)(F)F. The summed E-state index contributed by atoms with van der Waals surface area (Å²) in [5.41, 5.74) is -1.13. The van der Waals surface area contributed by atoms with Gasteiger partial charge in [-0.3, -0.25) is 4.55 Å². The number of hydrogen-bond donors (Lipinski definition) is 1. The van der Waals surface area contributed by atoms with Gasteiger partial charge in [-0.1, -0.05) is 61.7 Å². The monoisotopic (exact) mass is 512 g/mol. The maximum Gasteiger partial charge on any atom is 0.522 e. The molecule has 0 bridgehead atoms. The average Bonchev–Trinajstić information content (AvgIpc) is 2.62. The zero-order chi connectivity index (χ0) is 20.1. The molecule has 0 amide bonds. The molecule has 1 aliphatic carbocycles. The number of hydrogen-bond acceptors (Lipinski definition) is 2. The second kappa shape index (κ2) is 9.38. The molecule has 3 rings (SSSR count). The van der Waals surface area contributed by atoms with E-state index in [2.05, 4.69) is 71.1 Å². The van der Waals surface area contributed by atoms with Gasteiger partial charge in [0.05, 0.1) is 0 Å². The molecule has 27 heavy (non-hydrogen) atoms. The summed E-state index contributed by atoms with van der Waals surface area (Å²) in [5, 5.41) is 0. The topological polar surface area (TPSA) is 54.4 Å². The summed E-state index contributed by atoms with van der Waals surface area (Å²) < 4.78 is 58.9. The quantitative estimate of drug-likeness (QED) is 0.288. The number of rotatable bonds is 2. The van der Waals surface area contributed by atoms with Crippen LogP contribution in [0.4, 0.5) is 13.2 Å². The van der Waals surface area contributed by atoms with E-state index in [0.29, 0.717) is 0 Å². The Labute approximate surface area is 170 Å². The third-order valence-corrected chi connectivity index (χ3v) is 5.93. The van der Waals surface area contributed by atoms with E-state index in [4.69, 9.17) is 13.0 Å². The molecular weight excluding hydrogens is 492 g/mol. The molecule has 0 aliphatic heterocycles. The first kappa shape index (κ1) is 22.2. The first-order valence-electron chi connectivity index (χ1n) is 8.49. The van der Waals surface area contributed by atoms with Crippen molar-refractivity contribution in [2.24, 2.45) is 0 Å². The molecule has 0 aromatic heterocycles. The highest BCUT2D eigenvalue weighted by molar-refractivity contribution is 14.1. The molecule has 0 atom stereocenters. The van der Waals surface area contributed by atoms with Gasteiger partial charge in [-0.25, -0.2) is 0 Å². The maximum atomic E-state index is 10.7. The first-order chi connectivity index (χ1) is 12.6. The van der Waals surface area contributed by atoms with Crippen molar-refractivity contribution in [1.82, 2.24) is 0 Å². The second-order valence-corrected chi connectivity index (χ2v) is 8.90. The van der Waals surface area contributed by atoms with Gasteiger partial charge in [0.1, 0.15) is 0 Å². The predicted octanol–water partition coefficient (Wildman–Crippen LogP) is 6.40. The number of alkyl halides is 3. The predicted molar refractivity (Wildman–Crippen MR) is 108 cm³/mol. The van der Waals surface area contributed by atoms with Gasteiger partial charge >= 0.3 is 15.6 Å². The van der Waals surface area contributed by atoms with Gasteiger partial charge in [-0.05, 0) is 64.1 Å². The Morgan fingerprint density at radius 3 is 2.00 bits per heavy atom. The molecule has 0 spiro atoms. The Bertz CT molecular complexity index is 846. The van der Waals surface area contributed by atoms with Crippen molar-refractivity contribution in [3.8, 4) is 11.1 Å². The molecule has 2 aromatic carbocycles. The molecule has 1 saturated carbocycles. The Balaban J connectivity index is 0.000000279. The lowest BCUT2D eigenvalue weighted by Crippen LogP contribution is -2.21. The van der Waals surface area contributed by atoms with Gasteiger partial charge in [0, 0.05) is 3.57 Å². The van der Waals surface area contributed by atoms with Crippen LogP contribution in [-0.4, -0.2) is 18.5 Å². The summed E-state index contributed by atoms with van der Waals surface area (Å²) in [7, 11) is -5.84. The molecular formula is C19H20F3IO3S. The molecule has 3 nitrogen and oxygen atoms in total. The zero-order valence-corrected chi connectivity index (χ0v) is 17.4. The highest BCUT2D eigenvalue weighted by Crippen LogP contribution is 2.39. The minimum absolute atomic E-state index is 0.763. The fraction of sp³-hybridized carbons (Fsp3) is 0.368. The normalized spacial score (nSPS) is 15.7. The van der Waals surface area contributed by atoms with Gasteiger partial charge in [-0.2, -0.15) is 21.6 Å². The summed E-state index contributed by atoms with van der Waals surface area (Å²) in [5.74, 6) is 0.763. The molecule has 0 unspecified atom stereocenters. The molecule has 0 saturated heterocycles. The van der Waals surface area contributed by atoms with E-state index >= 15 is 0 Å². The zero-order valence-electron chi connectivity index (χ0n) is 14.4. The van der Waals surface area contributed by atoms with E-state index in [0.717, 1.165) is 5.92 Å². The van der Waals surface area contributed by atoms with Gasteiger partial charge in [0.25, 0.3) is 0 Å². The van der Waals surface area contributed by atoms with Crippen LogP contribution in [-0.2, 0) is 10.1 Å². The third-order valence-electron chi connectivity index (χ3n) is 4.45. The van der Waals surface area contributed by atoms with Crippen molar-refractivity contribution in [3.63, 3.8) is 0 Å². The van der Waals surface area contributed by atoms with Crippen molar-refractivity contribution in [1.29, 1.82) is 0 Å². The first-order valence-corrected chi connectivity index (χ1v) is 11.0. The van der Waals surface area contributed by atoms with Crippen molar-refractivity contribution in [3.05, 3.63) is 57.7 Å². The summed E-state index contributed by atoms with van der Waals surface area (Å²) in [6, 6.07) is 17.7. The standard InChI is InChI=1S/C18H19I.CHF3O3S/c19-17-13-7-12-16(14-8-3-1-4-9-14)18(17)15-10-5-2-6-11-15;2-1(3,4)8(5,6)7/h2,5-7,10-14H,1,3-4,8-9H2;(H,5,6,7). The minimum atomic E-state index is -5.84. The number of halogens is 4. The fourth-order valence-electron chi connectivity index (χ4n) is 3.20. The highest BCUT2D eigenvalue weighted by Gasteiger charge is 2.44. The van der Waals surface area contributed by atoms with Gasteiger partial charge in [0.2, 0.25) is 0 Å². The average molecular weight is 512 g/mol. The van der Waals surface area contributed by atoms with Crippen LogP contribution in [0.15, 0.2) is 48.5 Å². The minimum Gasteiger partial charge on any atom is -0.279 e. The molecule has 0 heterocycles. The highest BCUT2D eigenvalue weighted by atomic mass is 127. The molecule has 148 valence electrons. The van der Waals surface area contributed by atoms with E-state index in [9.17, 15) is 13.2 Å². The van der Waals surface area contributed by atoms with Gasteiger partial charge in [-0.15, -0.1) is 0 Å². The molecule has 1 aliphatic rings. The van der Waals surface area contributed by atoms with Crippen LogP contribution < -0.4 is 0 Å². The summed E-state index contributed by atoms with van der Waals surface area (Å²) in [6.07, 6.45) is 6.93. The van der Waals surface area contributed by atoms with Crippen LogP contribution >= 0.6 is 22.6 Å². The van der Waals surface area contributed by atoms with E-state index in [1.807, 2.05) is 0 Å². The number of benzene rings is 2. The summed E-state index contributed by atoms with van der Waals surface area (Å²) in [4.78, 5) is 0. The van der Waals surface area contributed by atoms with Crippen LogP contribution in [0, 0.1) is 3.57 Å². The second-order valence-electron chi connectivity index (χ2n) is 6.33.